The molecule has 2 saturated heterocycles. The molecule has 3 rings (SSSR count). The quantitative estimate of drug-likeness (QED) is 0.803. The van der Waals surface area contributed by atoms with Crippen LogP contribution in [0.2, 0.25) is 0 Å². The molecule has 0 aromatic heterocycles. The average molecular weight is 237 g/mol. The van der Waals surface area contributed by atoms with Crippen LogP contribution in [0.25, 0.3) is 0 Å². The van der Waals surface area contributed by atoms with Gasteiger partial charge in [0, 0.05) is 25.2 Å². The first-order chi connectivity index (χ1) is 8.38. The average Bonchev–Trinajstić information content (AvgIpc) is 2.61. The molecule has 0 aromatic carbocycles. The van der Waals surface area contributed by atoms with Crippen molar-refractivity contribution in [2.45, 2.75) is 50.6 Å². The molecule has 2 atom stereocenters. The molecule has 0 amide bonds. The fourth-order valence-electron chi connectivity index (χ4n) is 4.00. The Morgan fingerprint density at radius 1 is 1.00 bits per heavy atom. The van der Waals surface area contributed by atoms with Crippen LogP contribution in [-0.2, 0) is 0 Å². The SMILES string of the molecule is NCC(C1CCC1)N1CCCN2CCCC2C1. The Hall–Kier alpha value is -0.120. The highest BCUT2D eigenvalue weighted by molar-refractivity contribution is 4.91. The molecule has 1 saturated carbocycles. The molecule has 2 unspecified atom stereocenters. The van der Waals surface area contributed by atoms with Crippen LogP contribution in [0.1, 0.15) is 38.5 Å². The Morgan fingerprint density at radius 2 is 1.82 bits per heavy atom. The van der Waals surface area contributed by atoms with E-state index in [0.717, 1.165) is 18.5 Å². The van der Waals surface area contributed by atoms with Gasteiger partial charge in [-0.25, -0.2) is 0 Å². The predicted octanol–water partition coefficient (Wildman–Crippen LogP) is 1.28. The summed E-state index contributed by atoms with van der Waals surface area (Å²) >= 11 is 0. The van der Waals surface area contributed by atoms with Crippen molar-refractivity contribution in [1.29, 1.82) is 0 Å². The van der Waals surface area contributed by atoms with Crippen molar-refractivity contribution >= 4 is 0 Å². The van der Waals surface area contributed by atoms with E-state index in [1.54, 1.807) is 0 Å². The van der Waals surface area contributed by atoms with Crippen LogP contribution in [0.5, 0.6) is 0 Å². The molecular formula is C14H27N3. The highest BCUT2D eigenvalue weighted by Gasteiger charge is 2.35. The minimum atomic E-state index is 0.685. The maximum absolute atomic E-state index is 6.05. The lowest BCUT2D eigenvalue weighted by molar-refractivity contribution is 0.0929. The maximum atomic E-state index is 6.05. The predicted molar refractivity (Wildman–Crippen MR) is 71.0 cm³/mol. The standard InChI is InChI=1S/C14H27N3/c15-10-14(12-4-1-5-12)17-9-3-8-16-7-2-6-13(16)11-17/h12-14H,1-11,15H2. The highest BCUT2D eigenvalue weighted by Crippen LogP contribution is 2.33. The van der Waals surface area contributed by atoms with E-state index >= 15 is 0 Å². The van der Waals surface area contributed by atoms with Gasteiger partial charge in [0.15, 0.2) is 0 Å². The molecule has 0 aromatic rings. The van der Waals surface area contributed by atoms with Crippen molar-refractivity contribution < 1.29 is 0 Å². The smallest absolute Gasteiger partial charge is 0.0247 e. The van der Waals surface area contributed by atoms with E-state index in [0.29, 0.717) is 6.04 Å². The molecule has 0 bridgehead atoms. The molecule has 3 heteroatoms. The summed E-state index contributed by atoms with van der Waals surface area (Å²) in [6.45, 7) is 6.11. The number of rotatable bonds is 3. The monoisotopic (exact) mass is 237 g/mol. The van der Waals surface area contributed by atoms with Gasteiger partial charge in [-0.3, -0.25) is 9.80 Å². The second-order valence-corrected chi connectivity index (χ2v) is 6.17. The van der Waals surface area contributed by atoms with Gasteiger partial charge >= 0.3 is 0 Å². The fraction of sp³-hybridized carbons (Fsp3) is 1.00. The molecule has 3 nitrogen and oxygen atoms in total. The van der Waals surface area contributed by atoms with E-state index in [-0.39, 0.29) is 0 Å². The fourth-order valence-corrected chi connectivity index (χ4v) is 4.00. The minimum Gasteiger partial charge on any atom is -0.329 e. The summed E-state index contributed by atoms with van der Waals surface area (Å²) in [5.41, 5.74) is 6.05. The molecule has 3 aliphatic rings. The van der Waals surface area contributed by atoms with Crippen LogP contribution in [0.3, 0.4) is 0 Å². The third kappa shape index (κ3) is 2.38. The van der Waals surface area contributed by atoms with E-state index < -0.39 is 0 Å². The summed E-state index contributed by atoms with van der Waals surface area (Å²) in [7, 11) is 0. The summed E-state index contributed by atoms with van der Waals surface area (Å²) in [6.07, 6.45) is 8.46. The van der Waals surface area contributed by atoms with Gasteiger partial charge in [-0.1, -0.05) is 6.42 Å². The van der Waals surface area contributed by atoms with Crippen molar-refractivity contribution in [2.75, 3.05) is 32.7 Å². The molecule has 3 fully saturated rings. The zero-order valence-corrected chi connectivity index (χ0v) is 11.0. The Labute approximate surface area is 105 Å². The van der Waals surface area contributed by atoms with Gasteiger partial charge in [-0.2, -0.15) is 0 Å². The van der Waals surface area contributed by atoms with Crippen LogP contribution in [-0.4, -0.2) is 54.6 Å². The zero-order chi connectivity index (χ0) is 11.7. The van der Waals surface area contributed by atoms with Crippen molar-refractivity contribution in [3.8, 4) is 0 Å². The van der Waals surface area contributed by atoms with Crippen LogP contribution < -0.4 is 5.73 Å². The zero-order valence-electron chi connectivity index (χ0n) is 11.0. The van der Waals surface area contributed by atoms with Crippen LogP contribution in [0, 0.1) is 5.92 Å². The summed E-state index contributed by atoms with van der Waals surface area (Å²) < 4.78 is 0. The highest BCUT2D eigenvalue weighted by atomic mass is 15.3. The first kappa shape index (κ1) is 11.9. The van der Waals surface area contributed by atoms with Gasteiger partial charge in [0.05, 0.1) is 0 Å². The van der Waals surface area contributed by atoms with E-state index in [1.165, 1.54) is 64.7 Å². The second-order valence-electron chi connectivity index (χ2n) is 6.17. The van der Waals surface area contributed by atoms with E-state index in [4.69, 9.17) is 5.73 Å². The Morgan fingerprint density at radius 3 is 2.53 bits per heavy atom. The summed E-state index contributed by atoms with van der Waals surface area (Å²) in [5, 5.41) is 0. The van der Waals surface area contributed by atoms with Crippen LogP contribution >= 0.6 is 0 Å². The number of nitrogens with two attached hydrogens (primary N) is 1. The van der Waals surface area contributed by atoms with E-state index in [9.17, 15) is 0 Å². The normalized spacial score (nSPS) is 34.1. The van der Waals surface area contributed by atoms with Crippen molar-refractivity contribution in [3.63, 3.8) is 0 Å². The van der Waals surface area contributed by atoms with Gasteiger partial charge in [-0.15, -0.1) is 0 Å². The van der Waals surface area contributed by atoms with Crippen LogP contribution in [0.15, 0.2) is 0 Å². The Balaban J connectivity index is 1.64. The summed E-state index contributed by atoms with van der Waals surface area (Å²) in [5.74, 6) is 0.910. The summed E-state index contributed by atoms with van der Waals surface area (Å²) in [6, 6.07) is 1.52. The molecular weight excluding hydrogens is 210 g/mol. The van der Waals surface area contributed by atoms with Gasteiger partial charge in [0.2, 0.25) is 0 Å². The first-order valence-corrected chi connectivity index (χ1v) is 7.56. The van der Waals surface area contributed by atoms with Crippen LogP contribution in [0.4, 0.5) is 0 Å². The lowest BCUT2D eigenvalue weighted by Gasteiger charge is -2.41. The third-order valence-corrected chi connectivity index (χ3v) is 5.24. The lowest BCUT2D eigenvalue weighted by atomic mass is 9.79. The Bertz CT molecular complexity index is 252. The van der Waals surface area contributed by atoms with Gasteiger partial charge < -0.3 is 5.73 Å². The molecule has 17 heavy (non-hydrogen) atoms. The largest absolute Gasteiger partial charge is 0.329 e. The number of hydrogen-bond acceptors (Lipinski definition) is 3. The molecule has 2 aliphatic heterocycles. The molecule has 2 N–H and O–H groups in total. The second kappa shape index (κ2) is 5.25. The van der Waals surface area contributed by atoms with Gasteiger partial charge in [0.25, 0.3) is 0 Å². The Kier molecular flexibility index (Phi) is 3.69. The van der Waals surface area contributed by atoms with E-state index in [2.05, 4.69) is 9.80 Å². The van der Waals surface area contributed by atoms with Crippen molar-refractivity contribution in [1.82, 2.24) is 9.80 Å². The molecule has 98 valence electrons. The number of nitrogens with zero attached hydrogens (tertiary/aromatic N) is 2. The topological polar surface area (TPSA) is 32.5 Å². The van der Waals surface area contributed by atoms with Crippen molar-refractivity contribution in [3.05, 3.63) is 0 Å². The lowest BCUT2D eigenvalue weighted by Crippen LogP contribution is -2.50. The van der Waals surface area contributed by atoms with Gasteiger partial charge in [-0.05, 0) is 57.7 Å². The summed E-state index contributed by atoms with van der Waals surface area (Å²) in [4.78, 5) is 5.45. The first-order valence-electron chi connectivity index (χ1n) is 7.56. The molecule has 1 aliphatic carbocycles. The molecule has 2 heterocycles. The molecule has 0 radical (unpaired) electrons. The minimum absolute atomic E-state index is 0.685. The maximum Gasteiger partial charge on any atom is 0.0247 e. The number of fused-ring (bicyclic) bond motifs is 1. The van der Waals surface area contributed by atoms with Gasteiger partial charge in [0.1, 0.15) is 0 Å². The third-order valence-electron chi connectivity index (χ3n) is 5.24. The number of hydrogen-bond donors (Lipinski definition) is 1. The van der Waals surface area contributed by atoms with Crippen molar-refractivity contribution in [2.24, 2.45) is 11.7 Å². The van der Waals surface area contributed by atoms with E-state index in [1.807, 2.05) is 0 Å². The molecule has 0 spiro atoms.